The van der Waals surface area contributed by atoms with Crippen molar-refractivity contribution in [2.45, 2.75) is 39.2 Å². The Kier molecular flexibility index (Phi) is 4.91. The fourth-order valence-electron chi connectivity index (χ4n) is 1.28. The van der Waals surface area contributed by atoms with Crippen LogP contribution >= 0.6 is 0 Å². The average molecular weight is 226 g/mol. The number of amides is 1. The summed E-state index contributed by atoms with van der Waals surface area (Å²) in [5, 5.41) is 18.5. The van der Waals surface area contributed by atoms with Gasteiger partial charge in [0.05, 0.1) is 6.10 Å². The predicted molar refractivity (Wildman–Crippen MR) is 59.0 cm³/mol. The molecule has 0 aromatic carbocycles. The summed E-state index contributed by atoms with van der Waals surface area (Å²) in [5.41, 5.74) is 0. The van der Waals surface area contributed by atoms with Crippen LogP contribution in [0.3, 0.4) is 0 Å². The molecule has 1 aromatic heterocycles. The second-order valence-corrected chi connectivity index (χ2v) is 3.61. The van der Waals surface area contributed by atoms with E-state index in [9.17, 15) is 9.90 Å². The van der Waals surface area contributed by atoms with Gasteiger partial charge < -0.3 is 10.4 Å². The Hall–Kier alpha value is -1.43. The Morgan fingerprint density at radius 2 is 2.31 bits per heavy atom. The van der Waals surface area contributed by atoms with Gasteiger partial charge in [0, 0.05) is 13.0 Å². The van der Waals surface area contributed by atoms with Gasteiger partial charge in [-0.15, -0.1) is 5.10 Å². The average Bonchev–Trinajstić information content (AvgIpc) is 2.75. The standard InChI is InChI=1S/C10H18N4O2/c1-3-5-7(15)6-11-10(16)9-12-8(4-2)13-14-9/h7,15H,3-6H2,1-2H3,(H,11,16)(H,12,13,14). The van der Waals surface area contributed by atoms with Crippen LogP contribution < -0.4 is 5.32 Å². The number of hydrogen-bond donors (Lipinski definition) is 3. The molecular weight excluding hydrogens is 208 g/mol. The number of aromatic amines is 1. The summed E-state index contributed by atoms with van der Waals surface area (Å²) in [5.74, 6) is 0.450. The van der Waals surface area contributed by atoms with Crippen molar-refractivity contribution in [3.63, 3.8) is 0 Å². The van der Waals surface area contributed by atoms with E-state index in [1.54, 1.807) is 0 Å². The molecule has 1 aromatic rings. The van der Waals surface area contributed by atoms with Crippen molar-refractivity contribution in [2.24, 2.45) is 0 Å². The predicted octanol–water partition coefficient (Wildman–Crippen LogP) is 0.258. The van der Waals surface area contributed by atoms with Crippen LogP contribution in [0.2, 0.25) is 0 Å². The molecule has 0 spiro atoms. The van der Waals surface area contributed by atoms with Gasteiger partial charge in [0.2, 0.25) is 5.82 Å². The molecule has 0 bridgehead atoms. The van der Waals surface area contributed by atoms with Crippen LogP contribution in [0.5, 0.6) is 0 Å². The van der Waals surface area contributed by atoms with Gasteiger partial charge >= 0.3 is 0 Å². The van der Waals surface area contributed by atoms with E-state index in [-0.39, 0.29) is 18.3 Å². The summed E-state index contributed by atoms with van der Waals surface area (Å²) < 4.78 is 0. The minimum absolute atomic E-state index is 0.126. The van der Waals surface area contributed by atoms with E-state index in [4.69, 9.17) is 0 Å². The molecule has 16 heavy (non-hydrogen) atoms. The number of nitrogens with one attached hydrogen (secondary N) is 2. The Bertz CT molecular complexity index is 337. The number of H-pyrrole nitrogens is 1. The summed E-state index contributed by atoms with van der Waals surface area (Å²) >= 11 is 0. The van der Waals surface area contributed by atoms with Gasteiger partial charge in [-0.2, -0.15) is 0 Å². The number of carbonyl (C=O) groups excluding carboxylic acids is 1. The number of nitrogens with zero attached hydrogens (tertiary/aromatic N) is 2. The Balaban J connectivity index is 2.40. The van der Waals surface area contributed by atoms with Crippen molar-refractivity contribution in [3.8, 4) is 0 Å². The molecule has 0 fully saturated rings. The molecule has 0 radical (unpaired) electrons. The summed E-state index contributed by atoms with van der Waals surface area (Å²) in [7, 11) is 0. The van der Waals surface area contributed by atoms with Crippen molar-refractivity contribution in [3.05, 3.63) is 11.6 Å². The first-order valence-electron chi connectivity index (χ1n) is 5.54. The van der Waals surface area contributed by atoms with E-state index < -0.39 is 6.10 Å². The zero-order valence-electron chi connectivity index (χ0n) is 9.66. The van der Waals surface area contributed by atoms with Crippen molar-refractivity contribution in [1.29, 1.82) is 0 Å². The maximum absolute atomic E-state index is 11.5. The third-order valence-electron chi connectivity index (χ3n) is 2.19. The molecule has 6 nitrogen and oxygen atoms in total. The Morgan fingerprint density at radius 3 is 2.88 bits per heavy atom. The molecule has 1 amide bonds. The monoisotopic (exact) mass is 226 g/mol. The number of aliphatic hydroxyl groups is 1. The minimum atomic E-state index is -0.501. The van der Waals surface area contributed by atoms with E-state index in [1.807, 2.05) is 13.8 Å². The fourth-order valence-corrected chi connectivity index (χ4v) is 1.28. The molecule has 3 N–H and O–H groups in total. The van der Waals surface area contributed by atoms with Gasteiger partial charge in [0.1, 0.15) is 5.82 Å². The number of aryl methyl sites for hydroxylation is 1. The van der Waals surface area contributed by atoms with Gasteiger partial charge in [0.15, 0.2) is 0 Å². The maximum Gasteiger partial charge on any atom is 0.291 e. The van der Waals surface area contributed by atoms with Gasteiger partial charge in [0.25, 0.3) is 5.91 Å². The minimum Gasteiger partial charge on any atom is -0.391 e. The smallest absolute Gasteiger partial charge is 0.291 e. The Labute approximate surface area is 94.5 Å². The quantitative estimate of drug-likeness (QED) is 0.648. The van der Waals surface area contributed by atoms with Crippen molar-refractivity contribution >= 4 is 5.91 Å². The molecule has 1 atom stereocenters. The molecular formula is C10H18N4O2. The first-order chi connectivity index (χ1) is 7.67. The summed E-state index contributed by atoms with van der Waals surface area (Å²) in [6.45, 7) is 4.14. The number of aliphatic hydroxyl groups excluding tert-OH is 1. The van der Waals surface area contributed by atoms with Gasteiger partial charge in [-0.05, 0) is 6.42 Å². The van der Waals surface area contributed by atoms with Crippen molar-refractivity contribution in [2.75, 3.05) is 6.54 Å². The molecule has 1 heterocycles. The molecule has 0 aliphatic heterocycles. The lowest BCUT2D eigenvalue weighted by Crippen LogP contribution is -2.32. The lowest BCUT2D eigenvalue weighted by Gasteiger charge is -2.08. The number of hydrogen-bond acceptors (Lipinski definition) is 4. The Morgan fingerprint density at radius 1 is 1.56 bits per heavy atom. The fraction of sp³-hybridized carbons (Fsp3) is 0.700. The lowest BCUT2D eigenvalue weighted by atomic mass is 10.2. The second-order valence-electron chi connectivity index (χ2n) is 3.61. The molecule has 1 unspecified atom stereocenters. The van der Waals surface area contributed by atoms with Crippen LogP contribution in [0.4, 0.5) is 0 Å². The first kappa shape index (κ1) is 12.6. The number of rotatable bonds is 6. The highest BCUT2D eigenvalue weighted by atomic mass is 16.3. The lowest BCUT2D eigenvalue weighted by molar-refractivity contribution is 0.0900. The summed E-state index contributed by atoms with van der Waals surface area (Å²) in [6.07, 6.45) is 1.77. The van der Waals surface area contributed by atoms with Gasteiger partial charge in [-0.25, -0.2) is 4.98 Å². The summed E-state index contributed by atoms with van der Waals surface area (Å²) in [4.78, 5) is 15.5. The third-order valence-corrected chi connectivity index (χ3v) is 2.19. The topological polar surface area (TPSA) is 90.9 Å². The van der Waals surface area contributed by atoms with Crippen LogP contribution in [-0.2, 0) is 6.42 Å². The molecule has 1 rings (SSSR count). The van der Waals surface area contributed by atoms with E-state index in [1.165, 1.54) is 0 Å². The molecule has 0 saturated carbocycles. The number of aromatic nitrogens is 3. The summed E-state index contributed by atoms with van der Waals surface area (Å²) in [6, 6.07) is 0. The largest absolute Gasteiger partial charge is 0.391 e. The van der Waals surface area contributed by atoms with Crippen molar-refractivity contribution in [1.82, 2.24) is 20.5 Å². The van der Waals surface area contributed by atoms with Crippen LogP contribution in [-0.4, -0.2) is 38.8 Å². The van der Waals surface area contributed by atoms with Crippen molar-refractivity contribution < 1.29 is 9.90 Å². The molecule has 0 aliphatic rings. The molecule has 0 aliphatic carbocycles. The van der Waals surface area contributed by atoms with E-state index in [0.717, 1.165) is 6.42 Å². The molecule has 90 valence electrons. The molecule has 6 heteroatoms. The van der Waals surface area contributed by atoms with Gasteiger partial charge in [-0.3, -0.25) is 9.89 Å². The number of carbonyl (C=O) groups is 1. The zero-order valence-corrected chi connectivity index (χ0v) is 9.66. The van der Waals surface area contributed by atoms with Crippen LogP contribution in [0.1, 0.15) is 43.1 Å². The van der Waals surface area contributed by atoms with Gasteiger partial charge in [-0.1, -0.05) is 20.3 Å². The highest BCUT2D eigenvalue weighted by molar-refractivity contribution is 5.90. The maximum atomic E-state index is 11.5. The third kappa shape index (κ3) is 3.62. The normalized spacial score (nSPS) is 12.4. The zero-order chi connectivity index (χ0) is 12.0. The van der Waals surface area contributed by atoms with Crippen LogP contribution in [0.15, 0.2) is 0 Å². The SMILES string of the molecule is CCCC(O)CNC(=O)c1n[nH]c(CC)n1. The highest BCUT2D eigenvalue weighted by Crippen LogP contribution is 1.96. The van der Waals surface area contributed by atoms with Crippen LogP contribution in [0, 0.1) is 0 Å². The first-order valence-corrected chi connectivity index (χ1v) is 5.54. The highest BCUT2D eigenvalue weighted by Gasteiger charge is 2.12. The van der Waals surface area contributed by atoms with E-state index in [0.29, 0.717) is 18.7 Å². The van der Waals surface area contributed by atoms with Crippen LogP contribution in [0.25, 0.3) is 0 Å². The molecule has 0 saturated heterocycles. The van der Waals surface area contributed by atoms with E-state index in [2.05, 4.69) is 20.5 Å². The second kappa shape index (κ2) is 6.22. The van der Waals surface area contributed by atoms with E-state index >= 15 is 0 Å².